The first-order valence-electron chi connectivity index (χ1n) is 12.0. The van der Waals surface area contributed by atoms with Gasteiger partial charge < -0.3 is 15.3 Å². The zero-order valence-corrected chi connectivity index (χ0v) is 21.8. The number of hydrogen-bond acceptors (Lipinski definition) is 6. The van der Waals surface area contributed by atoms with Crippen LogP contribution in [0.15, 0.2) is 18.2 Å². The van der Waals surface area contributed by atoms with Crippen molar-refractivity contribution in [3.8, 4) is 0 Å². The van der Waals surface area contributed by atoms with E-state index in [2.05, 4.69) is 21.3 Å². The zero-order chi connectivity index (χ0) is 25.3. The third kappa shape index (κ3) is 5.68. The number of likely N-dealkylation sites (tertiary alicyclic amines) is 2. The first-order chi connectivity index (χ1) is 16.6. The Morgan fingerprint density at radius 1 is 1.26 bits per heavy atom. The Balaban J connectivity index is 1.39. The van der Waals surface area contributed by atoms with Crippen LogP contribution in [-0.2, 0) is 16.1 Å². The second-order valence-corrected chi connectivity index (χ2v) is 11.0. The van der Waals surface area contributed by atoms with Gasteiger partial charge in [0.1, 0.15) is 10.9 Å². The van der Waals surface area contributed by atoms with Crippen molar-refractivity contribution >= 4 is 45.9 Å². The summed E-state index contributed by atoms with van der Waals surface area (Å²) >= 11 is 7.11. The third-order valence-electron chi connectivity index (χ3n) is 6.76. The predicted octanol–water partition coefficient (Wildman–Crippen LogP) is 4.52. The molecule has 0 aliphatic carbocycles. The molecule has 188 valence electrons. The third-order valence-corrected chi connectivity index (χ3v) is 8.16. The summed E-state index contributed by atoms with van der Waals surface area (Å²) in [6, 6.07) is 5.54. The van der Waals surface area contributed by atoms with Gasteiger partial charge in [-0.05, 0) is 49.3 Å². The average Bonchev–Trinajstić information content (AvgIpc) is 3.41. The maximum atomic E-state index is 13.1. The van der Waals surface area contributed by atoms with Gasteiger partial charge >= 0.3 is 5.97 Å². The first kappa shape index (κ1) is 25.6. The van der Waals surface area contributed by atoms with E-state index >= 15 is 0 Å². The lowest BCUT2D eigenvalue weighted by molar-refractivity contribution is -0.136. The minimum Gasteiger partial charge on any atom is -0.477 e. The van der Waals surface area contributed by atoms with Gasteiger partial charge in [-0.2, -0.15) is 0 Å². The number of carboxylic acids is 1. The molecule has 2 aliphatic rings. The maximum Gasteiger partial charge on any atom is 0.347 e. The monoisotopic (exact) mass is 518 g/mol. The van der Waals surface area contributed by atoms with Crippen LogP contribution in [-0.4, -0.2) is 62.8 Å². The number of halogens is 1. The molecule has 2 N–H and O–H groups in total. The van der Waals surface area contributed by atoms with Gasteiger partial charge in [0.05, 0.1) is 5.69 Å². The molecule has 10 heteroatoms. The average molecular weight is 519 g/mol. The summed E-state index contributed by atoms with van der Waals surface area (Å²) in [4.78, 5) is 46.0. The van der Waals surface area contributed by atoms with Gasteiger partial charge in [-0.25, -0.2) is 9.78 Å². The molecule has 2 aliphatic heterocycles. The van der Waals surface area contributed by atoms with Crippen molar-refractivity contribution in [2.45, 2.75) is 71.0 Å². The highest BCUT2D eigenvalue weighted by atomic mass is 35.5. The molecule has 2 amide bonds. The van der Waals surface area contributed by atoms with Crippen molar-refractivity contribution in [3.05, 3.63) is 44.9 Å². The van der Waals surface area contributed by atoms with E-state index in [0.717, 1.165) is 54.4 Å². The number of aromatic nitrogens is 1. The molecular weight excluding hydrogens is 488 g/mol. The Kier molecular flexibility index (Phi) is 7.78. The Labute approximate surface area is 214 Å². The first-order valence-corrected chi connectivity index (χ1v) is 13.2. The summed E-state index contributed by atoms with van der Waals surface area (Å²) in [5.74, 6) is -1.42. The van der Waals surface area contributed by atoms with E-state index in [1.807, 2.05) is 32.9 Å². The van der Waals surface area contributed by atoms with Crippen LogP contribution in [0, 0.1) is 6.92 Å². The smallest absolute Gasteiger partial charge is 0.347 e. The van der Waals surface area contributed by atoms with E-state index in [1.54, 1.807) is 4.90 Å². The molecule has 0 radical (unpaired) electrons. The van der Waals surface area contributed by atoms with Crippen molar-refractivity contribution in [3.63, 3.8) is 0 Å². The van der Waals surface area contributed by atoms with Crippen molar-refractivity contribution < 1.29 is 19.5 Å². The van der Waals surface area contributed by atoms with E-state index in [4.69, 9.17) is 11.6 Å². The number of hydrogen-bond donors (Lipinski definition) is 2. The largest absolute Gasteiger partial charge is 0.477 e. The quantitative estimate of drug-likeness (QED) is 0.558. The highest BCUT2D eigenvalue weighted by molar-refractivity contribution is 7.17. The summed E-state index contributed by atoms with van der Waals surface area (Å²) in [6.07, 6.45) is 2.42. The summed E-state index contributed by atoms with van der Waals surface area (Å²) in [6.45, 7) is 8.25. The number of thiazole rings is 1. The van der Waals surface area contributed by atoms with Gasteiger partial charge in [0.25, 0.3) is 0 Å². The Morgan fingerprint density at radius 2 is 1.97 bits per heavy atom. The van der Waals surface area contributed by atoms with E-state index in [1.165, 1.54) is 5.56 Å². The summed E-state index contributed by atoms with van der Waals surface area (Å²) in [7, 11) is 0. The lowest BCUT2D eigenvalue weighted by Crippen LogP contribution is -2.51. The molecule has 2 fully saturated rings. The fraction of sp³-hybridized carbons (Fsp3) is 0.520. The Hall–Kier alpha value is -2.49. The van der Waals surface area contributed by atoms with E-state index in [0.29, 0.717) is 18.5 Å². The van der Waals surface area contributed by atoms with E-state index < -0.39 is 12.0 Å². The molecule has 0 spiro atoms. The van der Waals surface area contributed by atoms with Crippen LogP contribution in [0.4, 0.5) is 5.13 Å². The summed E-state index contributed by atoms with van der Waals surface area (Å²) in [5, 5.41) is 13.3. The number of carboxylic acid groups (broad SMARTS) is 1. The molecule has 4 rings (SSSR count). The van der Waals surface area contributed by atoms with Gasteiger partial charge in [-0.1, -0.05) is 48.9 Å². The second kappa shape index (κ2) is 10.6. The van der Waals surface area contributed by atoms with E-state index in [9.17, 15) is 19.5 Å². The standard InChI is InChI=1S/C25H31ClN4O4S/c1-14(2)21-22(24(33)34)35-25(27-21)28-23(32)19-6-7-20(31)30(19)17-8-10-29(11-9-17)13-16-4-5-18(26)15(3)12-16/h4-5,12,14,17,19H,6-11,13H2,1-3H3,(H,33,34)(H,27,28,32)/t19-/m1/s1. The van der Waals surface area contributed by atoms with Crippen LogP contribution in [0.3, 0.4) is 0 Å². The number of carbonyl (C=O) groups excluding carboxylic acids is 2. The number of benzene rings is 1. The molecule has 8 nitrogen and oxygen atoms in total. The van der Waals surface area contributed by atoms with Crippen molar-refractivity contribution in [2.24, 2.45) is 0 Å². The molecule has 1 aromatic heterocycles. The van der Waals surface area contributed by atoms with Crippen LogP contribution in [0.1, 0.15) is 71.9 Å². The van der Waals surface area contributed by atoms with Crippen LogP contribution >= 0.6 is 22.9 Å². The van der Waals surface area contributed by atoms with Crippen LogP contribution < -0.4 is 5.32 Å². The highest BCUT2D eigenvalue weighted by Gasteiger charge is 2.41. The molecule has 0 unspecified atom stereocenters. The molecule has 0 saturated carbocycles. The molecule has 0 bridgehead atoms. The fourth-order valence-corrected chi connectivity index (χ4v) is 6.04. The predicted molar refractivity (Wildman–Crippen MR) is 136 cm³/mol. The van der Waals surface area contributed by atoms with Gasteiger partial charge in [-0.15, -0.1) is 0 Å². The minimum absolute atomic E-state index is 0.00478. The number of nitrogens with one attached hydrogen (secondary N) is 1. The van der Waals surface area contributed by atoms with Crippen molar-refractivity contribution in [2.75, 3.05) is 18.4 Å². The maximum absolute atomic E-state index is 13.1. The number of aryl methyl sites for hydroxylation is 1. The topological polar surface area (TPSA) is 103 Å². The number of piperidine rings is 1. The number of rotatable bonds is 7. The van der Waals surface area contributed by atoms with Crippen LogP contribution in [0.2, 0.25) is 5.02 Å². The molecule has 1 atom stereocenters. The molecule has 2 saturated heterocycles. The molecule has 1 aromatic carbocycles. The van der Waals surface area contributed by atoms with Crippen LogP contribution in [0.5, 0.6) is 0 Å². The number of amides is 2. The normalized spacial score (nSPS) is 19.5. The number of nitrogens with zero attached hydrogens (tertiary/aromatic N) is 3. The second-order valence-electron chi connectivity index (χ2n) is 9.63. The number of carbonyl (C=O) groups is 3. The van der Waals surface area contributed by atoms with Gasteiger partial charge in [0, 0.05) is 37.1 Å². The molecule has 2 aromatic rings. The van der Waals surface area contributed by atoms with Gasteiger partial charge in [0.2, 0.25) is 11.8 Å². The number of anilines is 1. The molecular formula is C25H31ClN4O4S. The van der Waals surface area contributed by atoms with Crippen molar-refractivity contribution in [1.82, 2.24) is 14.8 Å². The lowest BCUT2D eigenvalue weighted by atomic mass is 10.0. The molecule has 3 heterocycles. The Morgan fingerprint density at radius 3 is 2.57 bits per heavy atom. The highest BCUT2D eigenvalue weighted by Crippen LogP contribution is 2.31. The number of aromatic carboxylic acids is 1. The summed E-state index contributed by atoms with van der Waals surface area (Å²) < 4.78 is 0. The zero-order valence-electron chi connectivity index (χ0n) is 20.2. The lowest BCUT2D eigenvalue weighted by Gasteiger charge is -2.39. The van der Waals surface area contributed by atoms with E-state index in [-0.39, 0.29) is 33.8 Å². The van der Waals surface area contributed by atoms with Crippen LogP contribution in [0.25, 0.3) is 0 Å². The van der Waals surface area contributed by atoms with Gasteiger partial charge in [0.15, 0.2) is 5.13 Å². The van der Waals surface area contributed by atoms with Gasteiger partial charge in [-0.3, -0.25) is 14.5 Å². The molecule has 35 heavy (non-hydrogen) atoms. The SMILES string of the molecule is Cc1cc(CN2CCC(N3C(=O)CC[C@@H]3C(=O)Nc3nc(C(C)C)c(C(=O)O)s3)CC2)ccc1Cl. The fourth-order valence-electron chi connectivity index (χ4n) is 4.96. The minimum atomic E-state index is -1.05. The van der Waals surface area contributed by atoms with Crippen molar-refractivity contribution in [1.29, 1.82) is 0 Å². The summed E-state index contributed by atoms with van der Waals surface area (Å²) in [5.41, 5.74) is 2.73. The Bertz CT molecular complexity index is 1130.